The van der Waals surface area contributed by atoms with Crippen LogP contribution in [0, 0.1) is 0 Å². The zero-order valence-corrected chi connectivity index (χ0v) is 12.1. The van der Waals surface area contributed by atoms with E-state index < -0.39 is 0 Å². The quantitative estimate of drug-likeness (QED) is 0.784. The van der Waals surface area contributed by atoms with Gasteiger partial charge in [-0.25, -0.2) is 0 Å². The van der Waals surface area contributed by atoms with Crippen molar-refractivity contribution < 1.29 is 9.53 Å². The molecule has 0 heterocycles. The predicted octanol–water partition coefficient (Wildman–Crippen LogP) is 4.39. The molecule has 0 aliphatic rings. The summed E-state index contributed by atoms with van der Waals surface area (Å²) in [5, 5.41) is 0.0104. The molecule has 0 aliphatic heterocycles. The fourth-order valence-corrected chi connectivity index (χ4v) is 2.41. The molecule has 18 heavy (non-hydrogen) atoms. The largest absolute Gasteiger partial charge is 0.497 e. The summed E-state index contributed by atoms with van der Waals surface area (Å²) in [7, 11) is 1.59. The van der Waals surface area contributed by atoms with E-state index in [-0.39, 0.29) is 5.12 Å². The molecule has 0 spiro atoms. The molecular weight excluding hydrogens is 312 g/mol. The maximum atomic E-state index is 12.1. The first-order valence-corrected chi connectivity index (χ1v) is 6.92. The van der Waals surface area contributed by atoms with Crippen molar-refractivity contribution in [2.75, 3.05) is 7.11 Å². The van der Waals surface area contributed by atoms with Gasteiger partial charge in [-0.3, -0.25) is 4.79 Å². The fourth-order valence-electron chi connectivity index (χ4n) is 1.42. The van der Waals surface area contributed by atoms with Crippen molar-refractivity contribution >= 4 is 32.8 Å². The third-order valence-corrected chi connectivity index (χ3v) is 3.79. The van der Waals surface area contributed by atoms with E-state index >= 15 is 0 Å². The van der Waals surface area contributed by atoms with Gasteiger partial charge >= 0.3 is 0 Å². The van der Waals surface area contributed by atoms with Crippen LogP contribution in [0.25, 0.3) is 0 Å². The van der Waals surface area contributed by atoms with Crippen molar-refractivity contribution in [2.45, 2.75) is 4.90 Å². The summed E-state index contributed by atoms with van der Waals surface area (Å²) in [6.45, 7) is 0. The second-order valence-electron chi connectivity index (χ2n) is 3.58. The highest BCUT2D eigenvalue weighted by atomic mass is 79.9. The van der Waals surface area contributed by atoms with Gasteiger partial charge < -0.3 is 4.74 Å². The van der Waals surface area contributed by atoms with Crippen molar-refractivity contribution in [3.63, 3.8) is 0 Å². The lowest BCUT2D eigenvalue weighted by molar-refractivity contribution is 0.108. The topological polar surface area (TPSA) is 26.3 Å². The number of hydrogen-bond acceptors (Lipinski definition) is 3. The van der Waals surface area contributed by atoms with Crippen LogP contribution in [0.3, 0.4) is 0 Å². The zero-order valence-electron chi connectivity index (χ0n) is 9.72. The van der Waals surface area contributed by atoms with Crippen LogP contribution in [0.2, 0.25) is 0 Å². The van der Waals surface area contributed by atoms with Crippen molar-refractivity contribution in [1.82, 2.24) is 0 Å². The smallest absolute Gasteiger partial charge is 0.224 e. The Morgan fingerprint density at radius 2 is 1.89 bits per heavy atom. The Labute approximate surface area is 118 Å². The molecule has 0 N–H and O–H groups in total. The minimum absolute atomic E-state index is 0.0104. The highest BCUT2D eigenvalue weighted by Gasteiger charge is 2.08. The van der Waals surface area contributed by atoms with Gasteiger partial charge in [-0.1, -0.05) is 28.1 Å². The highest BCUT2D eigenvalue weighted by Crippen LogP contribution is 2.25. The Balaban J connectivity index is 2.14. The number of hydrogen-bond donors (Lipinski definition) is 0. The minimum Gasteiger partial charge on any atom is -0.497 e. The molecule has 4 heteroatoms. The molecular formula is C14H11BrO2S. The van der Waals surface area contributed by atoms with Gasteiger partial charge in [-0.15, -0.1) is 0 Å². The molecule has 0 bridgehead atoms. The van der Waals surface area contributed by atoms with E-state index in [2.05, 4.69) is 15.9 Å². The standard InChI is InChI=1S/C14H11BrO2S/c1-17-12-4-2-3-10(9-12)14(16)18-13-7-5-11(15)6-8-13/h2-9H,1H3. The van der Waals surface area contributed by atoms with E-state index in [1.807, 2.05) is 36.4 Å². The molecule has 0 aromatic heterocycles. The van der Waals surface area contributed by atoms with E-state index in [9.17, 15) is 4.79 Å². The highest BCUT2D eigenvalue weighted by molar-refractivity contribution is 9.10. The number of rotatable bonds is 3. The molecule has 0 fully saturated rings. The Morgan fingerprint density at radius 3 is 2.56 bits per heavy atom. The molecule has 2 nitrogen and oxygen atoms in total. The van der Waals surface area contributed by atoms with Crippen LogP contribution >= 0.6 is 27.7 Å². The zero-order chi connectivity index (χ0) is 13.0. The Hall–Kier alpha value is -1.26. The lowest BCUT2D eigenvalue weighted by atomic mass is 10.2. The summed E-state index contributed by atoms with van der Waals surface area (Å²) in [5.74, 6) is 0.692. The van der Waals surface area contributed by atoms with Crippen LogP contribution in [0.4, 0.5) is 0 Å². The van der Waals surface area contributed by atoms with Crippen molar-refractivity contribution in [3.8, 4) is 5.75 Å². The van der Waals surface area contributed by atoms with Gasteiger partial charge in [0.1, 0.15) is 5.75 Å². The van der Waals surface area contributed by atoms with E-state index in [0.717, 1.165) is 9.37 Å². The Kier molecular flexibility index (Phi) is 4.44. The average molecular weight is 323 g/mol. The summed E-state index contributed by atoms with van der Waals surface area (Å²) < 4.78 is 6.10. The van der Waals surface area contributed by atoms with Gasteiger partial charge in [0.25, 0.3) is 0 Å². The molecule has 0 amide bonds. The second kappa shape index (κ2) is 6.07. The van der Waals surface area contributed by atoms with Crippen molar-refractivity contribution in [1.29, 1.82) is 0 Å². The molecule has 0 saturated carbocycles. The van der Waals surface area contributed by atoms with Gasteiger partial charge in [0.05, 0.1) is 7.11 Å². The normalized spacial score (nSPS) is 10.1. The molecule has 92 valence electrons. The SMILES string of the molecule is COc1cccc(C(=O)Sc2ccc(Br)cc2)c1. The molecule has 0 atom stereocenters. The first-order chi connectivity index (χ1) is 8.69. The van der Waals surface area contributed by atoms with Crippen molar-refractivity contribution in [2.24, 2.45) is 0 Å². The average Bonchev–Trinajstić information content (AvgIpc) is 2.41. The van der Waals surface area contributed by atoms with E-state index in [1.54, 1.807) is 19.2 Å². The summed E-state index contributed by atoms with van der Waals surface area (Å²) in [6, 6.07) is 14.8. The Morgan fingerprint density at radius 1 is 1.17 bits per heavy atom. The molecule has 0 saturated heterocycles. The van der Waals surface area contributed by atoms with E-state index in [4.69, 9.17) is 4.74 Å². The number of carbonyl (C=O) groups is 1. The van der Waals surface area contributed by atoms with Gasteiger partial charge in [0.2, 0.25) is 5.12 Å². The van der Waals surface area contributed by atoms with Crippen LogP contribution in [0.5, 0.6) is 5.75 Å². The van der Waals surface area contributed by atoms with Crippen LogP contribution in [0.15, 0.2) is 57.9 Å². The van der Waals surface area contributed by atoms with Crippen LogP contribution < -0.4 is 4.74 Å². The number of thioether (sulfide) groups is 1. The number of methoxy groups -OCH3 is 1. The number of halogens is 1. The maximum absolute atomic E-state index is 12.1. The molecule has 2 aromatic rings. The van der Waals surface area contributed by atoms with E-state index in [1.165, 1.54) is 11.8 Å². The third kappa shape index (κ3) is 3.37. The van der Waals surface area contributed by atoms with Crippen LogP contribution in [-0.2, 0) is 0 Å². The number of benzene rings is 2. The van der Waals surface area contributed by atoms with Crippen LogP contribution in [0.1, 0.15) is 10.4 Å². The van der Waals surface area contributed by atoms with Gasteiger partial charge in [-0.05, 0) is 48.2 Å². The number of ether oxygens (including phenoxy) is 1. The fraction of sp³-hybridized carbons (Fsp3) is 0.0714. The van der Waals surface area contributed by atoms with Gasteiger partial charge in [-0.2, -0.15) is 0 Å². The lowest BCUT2D eigenvalue weighted by Gasteiger charge is -2.03. The maximum Gasteiger partial charge on any atom is 0.224 e. The molecule has 2 aromatic carbocycles. The lowest BCUT2D eigenvalue weighted by Crippen LogP contribution is -1.94. The second-order valence-corrected chi connectivity index (χ2v) is 5.54. The predicted molar refractivity (Wildman–Crippen MR) is 77.3 cm³/mol. The van der Waals surface area contributed by atoms with Crippen LogP contribution in [-0.4, -0.2) is 12.2 Å². The monoisotopic (exact) mass is 322 g/mol. The first kappa shape index (κ1) is 13.2. The third-order valence-electron chi connectivity index (χ3n) is 2.33. The molecule has 0 aliphatic carbocycles. The molecule has 2 rings (SSSR count). The molecule has 0 unspecified atom stereocenters. The Bertz CT molecular complexity index is 552. The molecule has 0 radical (unpaired) electrons. The number of carbonyl (C=O) groups excluding carboxylic acids is 1. The van der Waals surface area contributed by atoms with Crippen molar-refractivity contribution in [3.05, 3.63) is 58.6 Å². The summed E-state index contributed by atoms with van der Waals surface area (Å²) in [6.07, 6.45) is 0. The first-order valence-electron chi connectivity index (χ1n) is 5.31. The van der Waals surface area contributed by atoms with Gasteiger partial charge in [0.15, 0.2) is 0 Å². The summed E-state index contributed by atoms with van der Waals surface area (Å²) in [4.78, 5) is 13.0. The van der Waals surface area contributed by atoms with E-state index in [0.29, 0.717) is 11.3 Å². The summed E-state index contributed by atoms with van der Waals surface area (Å²) >= 11 is 4.57. The van der Waals surface area contributed by atoms with Gasteiger partial charge in [0, 0.05) is 14.9 Å². The minimum atomic E-state index is 0.0104. The summed E-state index contributed by atoms with van der Waals surface area (Å²) in [5.41, 5.74) is 0.641.